The summed E-state index contributed by atoms with van der Waals surface area (Å²) in [4.78, 5) is 65.5. The monoisotopic (exact) mass is 743 g/mol. The van der Waals surface area contributed by atoms with Crippen LogP contribution in [0.2, 0.25) is 0 Å². The lowest BCUT2D eigenvalue weighted by Gasteiger charge is -2.35. The van der Waals surface area contributed by atoms with Gasteiger partial charge in [-0.1, -0.05) is 6.07 Å². The van der Waals surface area contributed by atoms with Gasteiger partial charge >= 0.3 is 5.69 Å². The van der Waals surface area contributed by atoms with Gasteiger partial charge in [0.2, 0.25) is 11.8 Å². The molecule has 3 amide bonds. The van der Waals surface area contributed by atoms with Crippen LogP contribution in [-0.2, 0) is 23.1 Å². The summed E-state index contributed by atoms with van der Waals surface area (Å²) in [6.45, 7) is 7.28. The Morgan fingerprint density at radius 1 is 0.944 bits per heavy atom. The summed E-state index contributed by atoms with van der Waals surface area (Å²) in [7, 11) is 1.73. The molecular formula is C40H41N9O4S. The summed E-state index contributed by atoms with van der Waals surface area (Å²) in [5.41, 5.74) is 6.09. The highest BCUT2D eigenvalue weighted by Crippen LogP contribution is 2.41. The molecule has 3 N–H and O–H groups in total. The second-order valence-electron chi connectivity index (χ2n) is 14.6. The Morgan fingerprint density at radius 3 is 2.63 bits per heavy atom. The number of hydrogen-bond donors (Lipinski definition) is 3. The molecule has 0 bridgehead atoms. The molecule has 3 aliphatic rings. The molecular weight excluding hydrogens is 703 g/mol. The zero-order chi connectivity index (χ0) is 37.1. The highest BCUT2D eigenvalue weighted by Gasteiger charge is 2.31. The minimum Gasteiger partial charge on any atom is -0.381 e. The van der Waals surface area contributed by atoms with E-state index in [9.17, 15) is 19.2 Å². The van der Waals surface area contributed by atoms with Crippen LogP contribution in [0.3, 0.4) is 0 Å². The molecule has 0 saturated carbocycles. The first-order valence-corrected chi connectivity index (χ1v) is 19.4. The molecule has 0 spiro atoms. The van der Waals surface area contributed by atoms with E-state index in [1.165, 1.54) is 15.9 Å². The Kier molecular flexibility index (Phi) is 8.65. The lowest BCUT2D eigenvalue weighted by atomic mass is 10.0. The largest absolute Gasteiger partial charge is 0.381 e. The number of nitrogens with zero attached hydrogens (tertiary/aromatic N) is 6. The van der Waals surface area contributed by atoms with Crippen molar-refractivity contribution in [3.8, 4) is 11.3 Å². The van der Waals surface area contributed by atoms with Crippen LogP contribution < -0.4 is 26.5 Å². The first-order valence-electron chi connectivity index (χ1n) is 18.6. The molecule has 2 atom stereocenters. The van der Waals surface area contributed by atoms with Gasteiger partial charge in [-0.2, -0.15) is 0 Å². The first-order chi connectivity index (χ1) is 26.2. The maximum atomic E-state index is 13.1. The van der Waals surface area contributed by atoms with Gasteiger partial charge in [0.15, 0.2) is 0 Å². The average Bonchev–Trinajstić information content (AvgIpc) is 3.63. The number of carbonyl (C=O) groups is 3. The number of carbonyl (C=O) groups excluding carboxylic acids is 3. The van der Waals surface area contributed by atoms with Gasteiger partial charge in [-0.3, -0.25) is 33.7 Å². The average molecular weight is 744 g/mol. The molecule has 2 aromatic carbocycles. The number of fused-ring (bicyclic) bond motifs is 6. The molecule has 7 heterocycles. The zero-order valence-corrected chi connectivity index (χ0v) is 31.0. The Labute approximate surface area is 315 Å². The molecule has 9 rings (SSSR count). The van der Waals surface area contributed by atoms with E-state index in [1.807, 2.05) is 37.4 Å². The van der Waals surface area contributed by atoms with E-state index in [2.05, 4.69) is 56.1 Å². The third kappa shape index (κ3) is 6.08. The Balaban J connectivity index is 0.837. The maximum absolute atomic E-state index is 13.1. The van der Waals surface area contributed by atoms with Crippen LogP contribution in [-0.4, -0.2) is 87.0 Å². The van der Waals surface area contributed by atoms with E-state index in [-0.39, 0.29) is 30.0 Å². The lowest BCUT2D eigenvalue weighted by molar-refractivity contribution is -0.135. The maximum Gasteiger partial charge on any atom is 0.329 e. The molecule has 13 nitrogen and oxygen atoms in total. The number of aromatic nitrogens is 4. The minimum absolute atomic E-state index is 0.0304. The molecule has 6 aromatic rings. The van der Waals surface area contributed by atoms with Crippen molar-refractivity contribution in [1.82, 2.24) is 34.6 Å². The number of nitrogens with one attached hydrogen (secondary N) is 3. The number of aryl methyl sites for hydroxylation is 2. The predicted molar refractivity (Wildman–Crippen MR) is 211 cm³/mol. The Bertz CT molecular complexity index is 2550. The number of hydrogen-bond acceptors (Lipinski definition) is 10. The number of piperazine rings is 1. The van der Waals surface area contributed by atoms with Crippen molar-refractivity contribution in [3.63, 3.8) is 0 Å². The number of amides is 3. The van der Waals surface area contributed by atoms with Crippen molar-refractivity contribution in [2.24, 2.45) is 7.05 Å². The fourth-order valence-electron chi connectivity index (χ4n) is 8.14. The van der Waals surface area contributed by atoms with Crippen molar-refractivity contribution >= 4 is 72.6 Å². The normalized spacial score (nSPS) is 19.5. The molecule has 1 unspecified atom stereocenters. The number of rotatable bonds is 7. The van der Waals surface area contributed by atoms with Crippen LogP contribution in [0.4, 0.5) is 11.5 Å². The van der Waals surface area contributed by atoms with Crippen LogP contribution in [0.25, 0.3) is 43.3 Å². The highest BCUT2D eigenvalue weighted by molar-refractivity contribution is 7.21. The molecule has 2 saturated heterocycles. The van der Waals surface area contributed by atoms with Gasteiger partial charge < -0.3 is 15.5 Å². The van der Waals surface area contributed by atoms with Crippen molar-refractivity contribution in [2.75, 3.05) is 49.5 Å². The quantitative estimate of drug-likeness (QED) is 0.202. The van der Waals surface area contributed by atoms with Crippen LogP contribution >= 0.6 is 11.3 Å². The topological polar surface area (TPSA) is 146 Å². The molecule has 0 radical (unpaired) electrons. The molecule has 276 valence electrons. The van der Waals surface area contributed by atoms with Gasteiger partial charge in [-0.15, -0.1) is 11.3 Å². The molecule has 14 heteroatoms. The van der Waals surface area contributed by atoms with Crippen molar-refractivity contribution < 1.29 is 14.4 Å². The molecule has 54 heavy (non-hydrogen) atoms. The summed E-state index contributed by atoms with van der Waals surface area (Å²) in [6, 6.07) is 17.8. The molecule has 3 aliphatic heterocycles. The number of pyridine rings is 2. The zero-order valence-electron chi connectivity index (χ0n) is 30.2. The minimum atomic E-state index is -0.681. The van der Waals surface area contributed by atoms with Gasteiger partial charge in [0, 0.05) is 79.5 Å². The highest BCUT2D eigenvalue weighted by atomic mass is 32.1. The SMILES string of the molecule is C[C@@H]1CNc2c(sc3ccc4nc(-c5ccnc(N6CCN(CCCc7ccc8c(c7)n(C)c(=O)n8C7CCC(=O)NC7=O)CC6)c5)ccc4c23)C(=O)N1. The summed E-state index contributed by atoms with van der Waals surface area (Å²) >= 11 is 1.52. The Morgan fingerprint density at radius 2 is 1.80 bits per heavy atom. The van der Waals surface area contributed by atoms with E-state index in [4.69, 9.17) is 9.97 Å². The summed E-state index contributed by atoms with van der Waals surface area (Å²) in [6.07, 6.45) is 4.27. The van der Waals surface area contributed by atoms with Crippen molar-refractivity contribution in [2.45, 2.75) is 44.7 Å². The van der Waals surface area contributed by atoms with E-state index in [0.717, 1.165) is 105 Å². The van der Waals surface area contributed by atoms with Gasteiger partial charge in [0.1, 0.15) is 16.7 Å². The summed E-state index contributed by atoms with van der Waals surface area (Å²) in [5, 5.41) is 11.0. The number of thiophene rings is 1. The number of benzene rings is 2. The third-order valence-electron chi connectivity index (χ3n) is 11.0. The van der Waals surface area contributed by atoms with E-state index in [0.29, 0.717) is 18.5 Å². The van der Waals surface area contributed by atoms with Gasteiger partial charge in [0.05, 0.1) is 27.9 Å². The smallest absolute Gasteiger partial charge is 0.329 e. The lowest BCUT2D eigenvalue weighted by Crippen LogP contribution is -2.47. The van der Waals surface area contributed by atoms with Crippen LogP contribution in [0, 0.1) is 0 Å². The first kappa shape index (κ1) is 34.2. The summed E-state index contributed by atoms with van der Waals surface area (Å²) < 4.78 is 4.19. The predicted octanol–water partition coefficient (Wildman–Crippen LogP) is 4.44. The van der Waals surface area contributed by atoms with Crippen molar-refractivity contribution in [1.29, 1.82) is 0 Å². The fourth-order valence-corrected chi connectivity index (χ4v) is 9.24. The standard InChI is InChI=1S/C40H41N9O4S/c1-23-22-42-36-35-26-6-7-27(44-28(26)8-11-32(35)54-37(36)39(52)43-23)25-13-14-41-33(21-25)48-18-16-47(17-19-48)15-3-4-24-5-9-29-31(20-24)46(2)40(53)49(29)30-10-12-34(50)45-38(30)51/h5-9,11,13-14,20-21,23,30,42H,3-4,10,12,15-19,22H2,1-2H3,(H,43,52)(H,45,50,51)/t23-,30?/m1/s1. The van der Waals surface area contributed by atoms with E-state index < -0.39 is 11.9 Å². The molecule has 4 aromatic heterocycles. The molecule has 2 fully saturated rings. The Hall–Kier alpha value is -5.60. The number of imide groups is 1. The van der Waals surface area contributed by atoms with Crippen LogP contribution in [0.15, 0.2) is 65.6 Å². The second-order valence-corrected chi connectivity index (χ2v) is 15.7. The van der Waals surface area contributed by atoms with E-state index in [1.54, 1.807) is 11.6 Å². The third-order valence-corrected chi connectivity index (χ3v) is 12.2. The van der Waals surface area contributed by atoms with E-state index >= 15 is 0 Å². The number of anilines is 2. The summed E-state index contributed by atoms with van der Waals surface area (Å²) in [5.74, 6) is 0.197. The number of imidazole rings is 1. The van der Waals surface area contributed by atoms with Crippen molar-refractivity contribution in [3.05, 3.63) is 81.7 Å². The fraction of sp³-hybridized carbons (Fsp3) is 0.350. The number of piperidine rings is 1. The van der Waals surface area contributed by atoms with Gasteiger partial charge in [-0.05, 0) is 86.8 Å². The van der Waals surface area contributed by atoms with Gasteiger partial charge in [-0.25, -0.2) is 14.8 Å². The van der Waals surface area contributed by atoms with Gasteiger partial charge in [0.25, 0.3) is 5.91 Å². The molecule has 0 aliphatic carbocycles. The second kappa shape index (κ2) is 13.7. The van der Waals surface area contributed by atoms with Crippen LogP contribution in [0.5, 0.6) is 0 Å². The van der Waals surface area contributed by atoms with Crippen LogP contribution in [0.1, 0.15) is 47.5 Å².